The number of nitrogens with two attached hydrogens (primary N) is 2. The van der Waals surface area contributed by atoms with E-state index in [2.05, 4.69) is 5.32 Å². The van der Waals surface area contributed by atoms with Crippen LogP contribution in [-0.4, -0.2) is 63.8 Å². The molecule has 0 aromatic heterocycles. The summed E-state index contributed by atoms with van der Waals surface area (Å²) in [7, 11) is 1.45. The van der Waals surface area contributed by atoms with Crippen molar-refractivity contribution in [3.8, 4) is 0 Å². The summed E-state index contributed by atoms with van der Waals surface area (Å²) in [5.41, 5.74) is 12.0. The van der Waals surface area contributed by atoms with Gasteiger partial charge in [0.25, 0.3) is 5.17 Å². The number of carbonyl (C=O) groups is 1. The van der Waals surface area contributed by atoms with E-state index in [1.54, 1.807) is 17.0 Å². The quantitative estimate of drug-likeness (QED) is 0.552. The average molecular weight is 385 g/mol. The van der Waals surface area contributed by atoms with Crippen LogP contribution >= 0.6 is 12.2 Å². The van der Waals surface area contributed by atoms with Gasteiger partial charge >= 0.3 is 6.09 Å². The van der Waals surface area contributed by atoms with Crippen molar-refractivity contribution in [3.63, 3.8) is 0 Å². The van der Waals surface area contributed by atoms with Crippen LogP contribution in [0.1, 0.15) is 0 Å². The monoisotopic (exact) mass is 385 g/mol. The molecule has 1 heterocycles. The van der Waals surface area contributed by atoms with Gasteiger partial charge in [0.2, 0.25) is 0 Å². The summed E-state index contributed by atoms with van der Waals surface area (Å²) in [6, 6.07) is 4.61. The third-order valence-corrected chi connectivity index (χ3v) is 4.23. The van der Waals surface area contributed by atoms with Crippen LogP contribution in [0.4, 0.5) is 20.6 Å². The number of nitrogens with one attached hydrogen (secondary N) is 1. The van der Waals surface area contributed by atoms with E-state index in [1.807, 2.05) is 0 Å². The molecule has 1 amide bonds. The molecular formula is C16H24FN5O3S. The molecule has 1 aromatic rings. The molecule has 5 N–H and O–H groups in total. The number of hydrogen-bond acceptors (Lipinski definition) is 7. The van der Waals surface area contributed by atoms with Gasteiger partial charge in [0, 0.05) is 26.2 Å². The second-order valence-electron chi connectivity index (χ2n) is 5.69. The van der Waals surface area contributed by atoms with Gasteiger partial charge in [-0.1, -0.05) is 0 Å². The Labute approximate surface area is 157 Å². The Bertz CT molecular complexity index is 642. The van der Waals surface area contributed by atoms with E-state index in [9.17, 15) is 9.18 Å². The van der Waals surface area contributed by atoms with Gasteiger partial charge in [-0.25, -0.2) is 9.18 Å². The molecule has 1 aromatic carbocycles. The molecule has 0 aliphatic carbocycles. The highest BCUT2D eigenvalue weighted by Crippen LogP contribution is 2.27. The number of halogens is 1. The minimum absolute atomic E-state index is 0.217. The molecular weight excluding hydrogens is 361 g/mol. The maximum atomic E-state index is 14.6. The Morgan fingerprint density at radius 2 is 2.15 bits per heavy atom. The van der Waals surface area contributed by atoms with Crippen molar-refractivity contribution < 1.29 is 18.7 Å². The summed E-state index contributed by atoms with van der Waals surface area (Å²) in [4.78, 5) is 15.2. The standard InChI is InChI=1S/C16H24FN5O3S/c1-24-15(26)20-9-12-10-22(16(23)25-12)11-2-3-14(13(17)8-11)21(6-4-18)7-5-19/h2-3,8,12H,4-7,9-10,18-19H2,1H3,(H,20,26)/t12-/m0/s1. The molecule has 10 heteroatoms. The molecule has 1 saturated heterocycles. The Morgan fingerprint density at radius 1 is 1.46 bits per heavy atom. The van der Waals surface area contributed by atoms with Crippen LogP contribution in [0.25, 0.3) is 0 Å². The zero-order valence-corrected chi connectivity index (χ0v) is 15.4. The third-order valence-electron chi connectivity index (χ3n) is 3.92. The molecule has 0 saturated carbocycles. The van der Waals surface area contributed by atoms with Gasteiger partial charge in [-0.2, -0.15) is 0 Å². The summed E-state index contributed by atoms with van der Waals surface area (Å²) in [6.07, 6.45) is -0.947. The summed E-state index contributed by atoms with van der Waals surface area (Å²) >= 11 is 4.88. The van der Waals surface area contributed by atoms with Crippen LogP contribution in [0.2, 0.25) is 0 Å². The number of carbonyl (C=O) groups excluding carboxylic acids is 1. The number of cyclic esters (lactones) is 1. The number of hydrogen-bond donors (Lipinski definition) is 3. The summed E-state index contributed by atoms with van der Waals surface area (Å²) in [5, 5.41) is 3.05. The number of anilines is 2. The highest BCUT2D eigenvalue weighted by molar-refractivity contribution is 7.80. The molecule has 26 heavy (non-hydrogen) atoms. The van der Waals surface area contributed by atoms with E-state index < -0.39 is 18.0 Å². The zero-order valence-electron chi connectivity index (χ0n) is 14.6. The number of rotatable bonds is 8. The highest BCUT2D eigenvalue weighted by atomic mass is 32.1. The van der Waals surface area contributed by atoms with Gasteiger partial charge in [0.05, 0.1) is 31.6 Å². The maximum absolute atomic E-state index is 14.6. The average Bonchev–Trinajstić information content (AvgIpc) is 3.00. The minimum atomic E-state index is -0.534. The first-order valence-electron chi connectivity index (χ1n) is 8.24. The second kappa shape index (κ2) is 9.51. The van der Waals surface area contributed by atoms with Crippen molar-refractivity contribution in [2.75, 3.05) is 56.2 Å². The molecule has 144 valence electrons. The molecule has 2 rings (SSSR count). The first kappa shape index (κ1) is 20.1. The lowest BCUT2D eigenvalue weighted by Crippen LogP contribution is -2.35. The van der Waals surface area contributed by atoms with E-state index in [0.29, 0.717) is 44.1 Å². The Kier molecular flexibility index (Phi) is 7.37. The lowest BCUT2D eigenvalue weighted by Gasteiger charge is -2.25. The smallest absolute Gasteiger partial charge is 0.414 e. The number of benzene rings is 1. The molecule has 0 bridgehead atoms. The maximum Gasteiger partial charge on any atom is 0.414 e. The van der Waals surface area contributed by atoms with Crippen LogP contribution in [-0.2, 0) is 9.47 Å². The number of nitrogens with zero attached hydrogens (tertiary/aromatic N) is 2. The largest absolute Gasteiger partial charge is 0.474 e. The van der Waals surface area contributed by atoms with Crippen molar-refractivity contribution in [3.05, 3.63) is 24.0 Å². The Balaban J connectivity index is 2.08. The van der Waals surface area contributed by atoms with E-state index in [1.165, 1.54) is 18.1 Å². The molecule has 1 fully saturated rings. The SMILES string of the molecule is COC(=S)NC[C@H]1CN(c2ccc(N(CCN)CCN)c(F)c2)C(=O)O1. The lowest BCUT2D eigenvalue weighted by molar-refractivity contribution is 0.142. The molecule has 0 radical (unpaired) electrons. The first-order chi connectivity index (χ1) is 12.5. The van der Waals surface area contributed by atoms with E-state index in [4.69, 9.17) is 33.2 Å². The lowest BCUT2D eigenvalue weighted by atomic mass is 10.2. The van der Waals surface area contributed by atoms with Crippen molar-refractivity contribution in [1.29, 1.82) is 0 Å². The van der Waals surface area contributed by atoms with Gasteiger partial charge < -0.3 is 31.2 Å². The van der Waals surface area contributed by atoms with Gasteiger partial charge in [0.1, 0.15) is 11.9 Å². The van der Waals surface area contributed by atoms with Crippen molar-refractivity contribution >= 4 is 34.9 Å². The van der Waals surface area contributed by atoms with Crippen molar-refractivity contribution in [1.82, 2.24) is 5.32 Å². The van der Waals surface area contributed by atoms with E-state index >= 15 is 0 Å². The summed E-state index contributed by atoms with van der Waals surface area (Å²) in [5.74, 6) is -0.445. The van der Waals surface area contributed by atoms with Crippen molar-refractivity contribution in [2.24, 2.45) is 11.5 Å². The normalized spacial score (nSPS) is 16.4. The number of thiocarbonyl (C=S) groups is 1. The van der Waals surface area contributed by atoms with Crippen LogP contribution in [0.5, 0.6) is 0 Å². The third kappa shape index (κ3) is 4.93. The number of amides is 1. The van der Waals surface area contributed by atoms with Crippen molar-refractivity contribution in [2.45, 2.75) is 6.10 Å². The number of methoxy groups -OCH3 is 1. The fourth-order valence-electron chi connectivity index (χ4n) is 2.69. The molecule has 0 unspecified atom stereocenters. The fraction of sp³-hybridized carbons (Fsp3) is 0.500. The fourth-order valence-corrected chi connectivity index (χ4v) is 2.78. The van der Waals surface area contributed by atoms with E-state index in [-0.39, 0.29) is 11.7 Å². The Hall–Kier alpha value is -2.17. The molecule has 8 nitrogen and oxygen atoms in total. The van der Waals surface area contributed by atoms with Crippen LogP contribution < -0.4 is 26.6 Å². The number of ether oxygens (including phenoxy) is 2. The predicted molar refractivity (Wildman–Crippen MR) is 102 cm³/mol. The minimum Gasteiger partial charge on any atom is -0.474 e. The summed E-state index contributed by atoms with van der Waals surface area (Å²) < 4.78 is 24.7. The molecule has 1 atom stereocenters. The summed E-state index contributed by atoms with van der Waals surface area (Å²) in [6.45, 7) is 2.36. The van der Waals surface area contributed by atoms with Gasteiger partial charge in [0.15, 0.2) is 0 Å². The molecule has 1 aliphatic rings. The van der Waals surface area contributed by atoms with E-state index in [0.717, 1.165) is 0 Å². The van der Waals surface area contributed by atoms with Crippen LogP contribution in [0.15, 0.2) is 18.2 Å². The first-order valence-corrected chi connectivity index (χ1v) is 8.65. The molecule has 0 spiro atoms. The van der Waals surface area contributed by atoms with Gasteiger partial charge in [-0.15, -0.1) is 0 Å². The highest BCUT2D eigenvalue weighted by Gasteiger charge is 2.32. The van der Waals surface area contributed by atoms with Crippen LogP contribution in [0, 0.1) is 5.82 Å². The topological polar surface area (TPSA) is 106 Å². The Morgan fingerprint density at radius 3 is 2.73 bits per heavy atom. The van der Waals surface area contributed by atoms with Gasteiger partial charge in [-0.05, 0) is 30.4 Å². The second-order valence-corrected chi connectivity index (χ2v) is 6.06. The zero-order chi connectivity index (χ0) is 19.1. The van der Waals surface area contributed by atoms with Crippen LogP contribution in [0.3, 0.4) is 0 Å². The van der Waals surface area contributed by atoms with Gasteiger partial charge in [-0.3, -0.25) is 4.90 Å². The molecule has 1 aliphatic heterocycles. The predicted octanol–water partition coefficient (Wildman–Crippen LogP) is 0.396.